The van der Waals surface area contributed by atoms with E-state index >= 15 is 0 Å². The molecule has 0 aliphatic carbocycles. The van der Waals surface area contributed by atoms with Gasteiger partial charge in [-0.15, -0.1) is 13.2 Å². The van der Waals surface area contributed by atoms with Crippen LogP contribution >= 0.6 is 0 Å². The van der Waals surface area contributed by atoms with E-state index in [4.69, 9.17) is 4.74 Å². The van der Waals surface area contributed by atoms with Gasteiger partial charge in [-0.05, 0) is 35.4 Å². The van der Waals surface area contributed by atoms with E-state index in [0.717, 1.165) is 5.56 Å². The predicted molar refractivity (Wildman–Crippen MR) is 86.3 cm³/mol. The number of rotatable bonds is 6. The Morgan fingerprint density at radius 3 is 2.00 bits per heavy atom. The zero-order valence-corrected chi connectivity index (χ0v) is 13.8. The van der Waals surface area contributed by atoms with Gasteiger partial charge in [0.25, 0.3) is 0 Å². The Labute approximate surface area is 143 Å². The molecule has 0 N–H and O–H groups in total. The number of amides is 1. The Morgan fingerprint density at radius 2 is 1.48 bits per heavy atom. The topological polar surface area (TPSA) is 38.8 Å². The quantitative estimate of drug-likeness (QED) is 0.793. The van der Waals surface area contributed by atoms with Gasteiger partial charge in [0.2, 0.25) is 5.91 Å². The van der Waals surface area contributed by atoms with E-state index in [1.807, 2.05) is 12.1 Å². The second-order valence-corrected chi connectivity index (χ2v) is 5.47. The molecule has 0 fully saturated rings. The van der Waals surface area contributed by atoms with Crippen LogP contribution in [0.4, 0.5) is 13.2 Å². The van der Waals surface area contributed by atoms with Gasteiger partial charge in [0.15, 0.2) is 0 Å². The van der Waals surface area contributed by atoms with Crippen molar-refractivity contribution in [3.63, 3.8) is 0 Å². The third-order valence-corrected chi connectivity index (χ3v) is 3.52. The van der Waals surface area contributed by atoms with Crippen LogP contribution in [0.5, 0.6) is 11.5 Å². The highest BCUT2D eigenvalue weighted by Gasteiger charge is 2.30. The minimum Gasteiger partial charge on any atom is -0.497 e. The number of halogens is 3. The smallest absolute Gasteiger partial charge is 0.497 e. The first-order valence-corrected chi connectivity index (χ1v) is 7.48. The van der Waals surface area contributed by atoms with E-state index in [1.54, 1.807) is 26.3 Å². The van der Waals surface area contributed by atoms with Crippen molar-refractivity contribution in [3.8, 4) is 11.5 Å². The Bertz CT molecular complexity index is 697. The third-order valence-electron chi connectivity index (χ3n) is 3.52. The van der Waals surface area contributed by atoms with Crippen LogP contribution in [0.2, 0.25) is 0 Å². The van der Waals surface area contributed by atoms with E-state index in [1.165, 1.54) is 29.2 Å². The van der Waals surface area contributed by atoms with Gasteiger partial charge in [-0.25, -0.2) is 0 Å². The van der Waals surface area contributed by atoms with Crippen LogP contribution in [-0.2, 0) is 17.8 Å². The Hall–Kier alpha value is -2.70. The number of hydrogen-bond acceptors (Lipinski definition) is 3. The number of carbonyl (C=O) groups excluding carboxylic acids is 1. The molecule has 0 saturated carbocycles. The summed E-state index contributed by atoms with van der Waals surface area (Å²) < 4.78 is 45.3. The molecule has 0 unspecified atom stereocenters. The van der Waals surface area contributed by atoms with Crippen molar-refractivity contribution in [2.24, 2.45) is 0 Å². The molecule has 2 rings (SSSR count). The molecule has 2 aromatic carbocycles. The summed E-state index contributed by atoms with van der Waals surface area (Å²) in [5.41, 5.74) is 1.56. The lowest BCUT2D eigenvalue weighted by atomic mass is 10.1. The first kappa shape index (κ1) is 18.6. The number of nitrogens with zero attached hydrogens (tertiary/aromatic N) is 1. The molecule has 2 aromatic rings. The number of carbonyl (C=O) groups is 1. The maximum absolute atomic E-state index is 12.2. The molecule has 0 atom stereocenters. The molecular weight excluding hydrogens is 335 g/mol. The highest BCUT2D eigenvalue weighted by Crippen LogP contribution is 2.23. The van der Waals surface area contributed by atoms with E-state index in [2.05, 4.69) is 4.74 Å². The molecule has 25 heavy (non-hydrogen) atoms. The predicted octanol–water partition coefficient (Wildman–Crippen LogP) is 3.79. The molecule has 0 spiro atoms. The first-order chi connectivity index (χ1) is 11.8. The van der Waals surface area contributed by atoms with Crippen molar-refractivity contribution in [1.29, 1.82) is 0 Å². The summed E-state index contributed by atoms with van der Waals surface area (Å²) in [6.07, 6.45) is -4.48. The van der Waals surface area contributed by atoms with Crippen molar-refractivity contribution in [3.05, 3.63) is 59.7 Å². The van der Waals surface area contributed by atoms with Crippen molar-refractivity contribution < 1.29 is 27.4 Å². The average molecular weight is 353 g/mol. The molecule has 1 amide bonds. The summed E-state index contributed by atoms with van der Waals surface area (Å²) in [7, 11) is 3.21. The van der Waals surface area contributed by atoms with Gasteiger partial charge in [-0.3, -0.25) is 4.79 Å². The number of alkyl halides is 3. The number of benzene rings is 2. The highest BCUT2D eigenvalue weighted by molar-refractivity contribution is 5.78. The summed E-state index contributed by atoms with van der Waals surface area (Å²) in [6, 6.07) is 12.6. The largest absolute Gasteiger partial charge is 0.573 e. The first-order valence-electron chi connectivity index (χ1n) is 7.48. The van der Waals surface area contributed by atoms with E-state index in [-0.39, 0.29) is 18.1 Å². The monoisotopic (exact) mass is 353 g/mol. The van der Waals surface area contributed by atoms with E-state index in [9.17, 15) is 18.0 Å². The summed E-state index contributed by atoms with van der Waals surface area (Å²) in [6.45, 7) is 0.293. The Kier molecular flexibility index (Phi) is 5.90. The minimum absolute atomic E-state index is 0.0965. The van der Waals surface area contributed by atoms with Crippen molar-refractivity contribution in [2.45, 2.75) is 19.3 Å². The van der Waals surface area contributed by atoms with Crippen LogP contribution in [0, 0.1) is 0 Å². The lowest BCUT2D eigenvalue weighted by Gasteiger charge is -2.18. The van der Waals surface area contributed by atoms with Crippen LogP contribution in [0.15, 0.2) is 48.5 Å². The molecule has 0 radical (unpaired) electrons. The molecule has 4 nitrogen and oxygen atoms in total. The molecule has 0 saturated heterocycles. The normalized spacial score (nSPS) is 11.1. The van der Waals surface area contributed by atoms with Gasteiger partial charge in [-0.1, -0.05) is 24.3 Å². The highest BCUT2D eigenvalue weighted by atomic mass is 19.4. The van der Waals surface area contributed by atoms with Crippen LogP contribution in [0.25, 0.3) is 0 Å². The molecular formula is C18H18F3NO3. The zero-order chi connectivity index (χ0) is 18.4. The lowest BCUT2D eigenvalue weighted by Crippen LogP contribution is -2.27. The molecule has 0 heterocycles. The summed E-state index contributed by atoms with van der Waals surface area (Å²) >= 11 is 0. The van der Waals surface area contributed by atoms with Gasteiger partial charge >= 0.3 is 6.36 Å². The van der Waals surface area contributed by atoms with Crippen molar-refractivity contribution in [1.82, 2.24) is 4.90 Å². The maximum Gasteiger partial charge on any atom is 0.573 e. The van der Waals surface area contributed by atoms with Crippen LogP contribution in [0.3, 0.4) is 0 Å². The number of methoxy groups -OCH3 is 1. The van der Waals surface area contributed by atoms with Gasteiger partial charge in [0, 0.05) is 13.6 Å². The van der Waals surface area contributed by atoms with Gasteiger partial charge in [0.05, 0.1) is 13.5 Å². The summed E-state index contributed by atoms with van der Waals surface area (Å²) in [5.74, 6) is 0.329. The standard InChI is InChI=1S/C18H18F3NO3/c1-22(17(23)11-13-3-7-15(24-2)8-4-13)12-14-5-9-16(10-6-14)25-18(19,20)21/h3-10H,11-12H2,1-2H3. The fourth-order valence-corrected chi connectivity index (χ4v) is 2.21. The fourth-order valence-electron chi connectivity index (χ4n) is 2.21. The van der Waals surface area contributed by atoms with E-state index in [0.29, 0.717) is 17.9 Å². The van der Waals surface area contributed by atoms with Crippen molar-refractivity contribution >= 4 is 5.91 Å². The molecule has 134 valence electrons. The number of hydrogen-bond donors (Lipinski definition) is 0. The molecule has 0 aliphatic rings. The van der Waals surface area contributed by atoms with Crippen LogP contribution in [0.1, 0.15) is 11.1 Å². The van der Waals surface area contributed by atoms with Crippen LogP contribution in [-0.4, -0.2) is 31.3 Å². The van der Waals surface area contributed by atoms with Crippen molar-refractivity contribution in [2.75, 3.05) is 14.2 Å². The van der Waals surface area contributed by atoms with E-state index < -0.39 is 6.36 Å². The second kappa shape index (κ2) is 7.92. The molecule has 0 bridgehead atoms. The molecule has 7 heteroatoms. The maximum atomic E-state index is 12.2. The fraction of sp³-hybridized carbons (Fsp3) is 0.278. The second-order valence-electron chi connectivity index (χ2n) is 5.47. The summed E-state index contributed by atoms with van der Waals surface area (Å²) in [5, 5.41) is 0. The zero-order valence-electron chi connectivity index (χ0n) is 13.8. The SMILES string of the molecule is COc1ccc(CC(=O)N(C)Cc2ccc(OC(F)(F)F)cc2)cc1. The molecule has 0 aliphatic heterocycles. The summed E-state index contributed by atoms with van der Waals surface area (Å²) in [4.78, 5) is 13.8. The van der Waals surface area contributed by atoms with Gasteiger partial charge in [-0.2, -0.15) is 0 Å². The number of ether oxygens (including phenoxy) is 2. The van der Waals surface area contributed by atoms with Gasteiger partial charge < -0.3 is 14.4 Å². The van der Waals surface area contributed by atoms with Gasteiger partial charge in [0.1, 0.15) is 11.5 Å². The average Bonchev–Trinajstić information content (AvgIpc) is 2.56. The van der Waals surface area contributed by atoms with Crippen LogP contribution < -0.4 is 9.47 Å². The number of likely N-dealkylation sites (N-methyl/N-ethyl adjacent to an activating group) is 1. The third kappa shape index (κ3) is 6.02. The Balaban J connectivity index is 1.91. The lowest BCUT2D eigenvalue weighted by molar-refractivity contribution is -0.274. The minimum atomic E-state index is -4.72. The molecule has 0 aromatic heterocycles. The Morgan fingerprint density at radius 1 is 0.960 bits per heavy atom.